The first-order valence-electron chi connectivity index (χ1n) is 12.8. The summed E-state index contributed by atoms with van der Waals surface area (Å²) >= 11 is 1.36. The Labute approximate surface area is 231 Å². The number of ether oxygens (including phenoxy) is 2. The fraction of sp³-hybridized carbons (Fsp3) is 0.156. The van der Waals surface area contributed by atoms with Gasteiger partial charge in [-0.05, 0) is 70.9 Å². The van der Waals surface area contributed by atoms with Gasteiger partial charge in [0.2, 0.25) is 0 Å². The van der Waals surface area contributed by atoms with Gasteiger partial charge >= 0.3 is 0 Å². The van der Waals surface area contributed by atoms with E-state index in [2.05, 4.69) is 29.6 Å². The van der Waals surface area contributed by atoms with Gasteiger partial charge in [-0.15, -0.1) is 11.3 Å². The van der Waals surface area contributed by atoms with E-state index in [4.69, 9.17) is 14.7 Å². The lowest BCUT2D eigenvalue weighted by atomic mass is 10.1. The summed E-state index contributed by atoms with van der Waals surface area (Å²) in [6.45, 7) is 2.45. The summed E-state index contributed by atoms with van der Waals surface area (Å²) in [7, 11) is 0. The Hall–Kier alpha value is -4.17. The molecule has 0 fully saturated rings. The van der Waals surface area contributed by atoms with E-state index < -0.39 is 5.91 Å². The molecule has 6 nitrogen and oxygen atoms in total. The van der Waals surface area contributed by atoms with E-state index in [1.54, 1.807) is 11.5 Å². The van der Waals surface area contributed by atoms with Gasteiger partial charge in [-0.25, -0.2) is 5.48 Å². The summed E-state index contributed by atoms with van der Waals surface area (Å²) in [5.41, 5.74) is 6.19. The molecule has 1 heterocycles. The van der Waals surface area contributed by atoms with Crippen LogP contribution in [0.25, 0.3) is 10.1 Å². The van der Waals surface area contributed by atoms with Crippen molar-refractivity contribution in [2.45, 2.75) is 26.2 Å². The second-order valence-electron chi connectivity index (χ2n) is 9.18. The van der Waals surface area contributed by atoms with E-state index in [9.17, 15) is 4.79 Å². The number of hydroxylamine groups is 1. The van der Waals surface area contributed by atoms with Crippen LogP contribution in [-0.2, 0) is 26.2 Å². The number of fused-ring (bicyclic) bond motifs is 1. The second-order valence-corrected chi connectivity index (χ2v) is 10.3. The summed E-state index contributed by atoms with van der Waals surface area (Å²) in [5.74, 6) is 0.974. The van der Waals surface area contributed by atoms with Gasteiger partial charge in [0, 0.05) is 11.2 Å². The van der Waals surface area contributed by atoms with Crippen LogP contribution in [0, 0.1) is 0 Å². The van der Waals surface area contributed by atoms with Crippen molar-refractivity contribution in [3.05, 3.63) is 130 Å². The molecule has 1 amide bonds. The Morgan fingerprint density at radius 1 is 0.718 bits per heavy atom. The van der Waals surface area contributed by atoms with Crippen molar-refractivity contribution in [1.29, 1.82) is 0 Å². The number of hydrogen-bond donors (Lipinski definition) is 3. The van der Waals surface area contributed by atoms with Gasteiger partial charge in [-0.2, -0.15) is 0 Å². The first kappa shape index (κ1) is 26.4. The van der Waals surface area contributed by atoms with Gasteiger partial charge in [0.25, 0.3) is 5.91 Å². The maximum absolute atomic E-state index is 11.7. The topological polar surface area (TPSA) is 79.8 Å². The molecule has 7 heteroatoms. The molecule has 0 aliphatic rings. The molecule has 3 N–H and O–H groups in total. The number of benzene rings is 4. The summed E-state index contributed by atoms with van der Waals surface area (Å²) in [5, 5.41) is 13.4. The van der Waals surface area contributed by atoms with Crippen molar-refractivity contribution in [3.63, 3.8) is 0 Å². The largest absolute Gasteiger partial charge is 0.485 e. The highest BCUT2D eigenvalue weighted by molar-refractivity contribution is 7.20. The maximum Gasteiger partial charge on any atom is 0.284 e. The number of amides is 1. The van der Waals surface area contributed by atoms with Gasteiger partial charge in [0.1, 0.15) is 13.2 Å². The fourth-order valence-electron chi connectivity index (χ4n) is 4.25. The summed E-state index contributed by atoms with van der Waals surface area (Å²) in [6.07, 6.45) is 0.835. The lowest BCUT2D eigenvalue weighted by molar-refractivity contribution is 0.0711. The van der Waals surface area contributed by atoms with Crippen LogP contribution in [0.5, 0.6) is 11.5 Å². The molecule has 0 radical (unpaired) electrons. The number of carbonyl (C=O) groups excluding carboxylic acids is 1. The molecule has 0 saturated carbocycles. The average Bonchev–Trinajstić information content (AvgIpc) is 3.42. The minimum atomic E-state index is -0.487. The number of rotatable bonds is 12. The van der Waals surface area contributed by atoms with Crippen molar-refractivity contribution >= 4 is 27.3 Å². The molecule has 4 aromatic carbocycles. The molecule has 1 aromatic heterocycles. The Balaban J connectivity index is 1.20. The van der Waals surface area contributed by atoms with Crippen LogP contribution in [0.1, 0.15) is 31.9 Å². The van der Waals surface area contributed by atoms with Crippen LogP contribution >= 0.6 is 11.3 Å². The Morgan fingerprint density at radius 3 is 2.08 bits per heavy atom. The van der Waals surface area contributed by atoms with E-state index in [-0.39, 0.29) is 0 Å². The lowest BCUT2D eigenvalue weighted by Crippen LogP contribution is -2.17. The molecule has 0 saturated heterocycles. The monoisotopic (exact) mass is 538 g/mol. The number of thiophene rings is 1. The zero-order chi connectivity index (χ0) is 26.9. The van der Waals surface area contributed by atoms with Gasteiger partial charge in [0.15, 0.2) is 11.5 Å². The molecule has 0 aliphatic heterocycles. The predicted octanol–water partition coefficient (Wildman–Crippen LogP) is 6.51. The van der Waals surface area contributed by atoms with Crippen molar-refractivity contribution in [3.8, 4) is 11.5 Å². The quantitative estimate of drug-likeness (QED) is 0.0959. The van der Waals surface area contributed by atoms with Gasteiger partial charge < -0.3 is 14.8 Å². The molecule has 0 atom stereocenters. The standard InChI is InChI=1S/C32H30N2O4S/c35-32(34-36)31-19-27-17-26(12-14-30(27)39-31)20-33-16-15-23-11-13-28(37-21-24-7-3-1-4-8-24)29(18-23)38-22-25-9-5-2-6-10-25/h1-14,17-19,33,36H,15-16,20-22H2,(H,34,35). The molecule has 0 bridgehead atoms. The zero-order valence-corrected chi connectivity index (χ0v) is 22.2. The third-order valence-corrected chi connectivity index (χ3v) is 7.42. The lowest BCUT2D eigenvalue weighted by Gasteiger charge is -2.15. The minimum absolute atomic E-state index is 0.469. The predicted molar refractivity (Wildman–Crippen MR) is 154 cm³/mol. The normalized spacial score (nSPS) is 10.9. The third kappa shape index (κ3) is 7.23. The first-order chi connectivity index (χ1) is 19.2. The average molecular weight is 539 g/mol. The van der Waals surface area contributed by atoms with E-state index in [1.807, 2.05) is 72.8 Å². The molecule has 5 rings (SSSR count). The zero-order valence-electron chi connectivity index (χ0n) is 21.4. The van der Waals surface area contributed by atoms with E-state index >= 15 is 0 Å². The molecule has 198 valence electrons. The Morgan fingerprint density at radius 2 is 1.38 bits per heavy atom. The van der Waals surface area contributed by atoms with Crippen molar-refractivity contribution in [2.75, 3.05) is 6.54 Å². The van der Waals surface area contributed by atoms with E-state index in [0.717, 1.165) is 56.8 Å². The summed E-state index contributed by atoms with van der Waals surface area (Å²) < 4.78 is 13.3. The SMILES string of the molecule is O=C(NO)c1cc2cc(CNCCc3ccc(OCc4ccccc4)c(OCc4ccccc4)c3)ccc2s1. The molecule has 0 spiro atoms. The summed E-state index contributed by atoms with van der Waals surface area (Å²) in [6, 6.07) is 34.3. The second kappa shape index (κ2) is 13.1. The third-order valence-electron chi connectivity index (χ3n) is 6.31. The van der Waals surface area contributed by atoms with Crippen LogP contribution in [0.15, 0.2) is 103 Å². The minimum Gasteiger partial charge on any atom is -0.485 e. The van der Waals surface area contributed by atoms with Crippen molar-refractivity contribution in [1.82, 2.24) is 10.8 Å². The molecular weight excluding hydrogens is 508 g/mol. The van der Waals surface area contributed by atoms with Gasteiger partial charge in [-0.3, -0.25) is 10.0 Å². The summed E-state index contributed by atoms with van der Waals surface area (Å²) in [4.78, 5) is 12.2. The van der Waals surface area contributed by atoms with Crippen LogP contribution in [0.2, 0.25) is 0 Å². The van der Waals surface area contributed by atoms with Crippen LogP contribution in [0.3, 0.4) is 0 Å². The first-order valence-corrected chi connectivity index (χ1v) is 13.6. The van der Waals surface area contributed by atoms with Crippen LogP contribution < -0.4 is 20.3 Å². The molecule has 0 unspecified atom stereocenters. The van der Waals surface area contributed by atoms with Gasteiger partial charge in [-0.1, -0.05) is 72.8 Å². The highest BCUT2D eigenvalue weighted by atomic mass is 32.1. The number of carbonyl (C=O) groups is 1. The van der Waals surface area contributed by atoms with Crippen LogP contribution in [-0.4, -0.2) is 17.7 Å². The van der Waals surface area contributed by atoms with Gasteiger partial charge in [0.05, 0.1) is 4.88 Å². The van der Waals surface area contributed by atoms with Crippen molar-refractivity contribution in [2.24, 2.45) is 0 Å². The highest BCUT2D eigenvalue weighted by Crippen LogP contribution is 2.30. The Kier molecular flexibility index (Phi) is 8.86. The molecular formula is C32H30N2O4S. The maximum atomic E-state index is 11.7. The number of hydrogen-bond acceptors (Lipinski definition) is 6. The smallest absolute Gasteiger partial charge is 0.284 e. The van der Waals surface area contributed by atoms with E-state index in [1.165, 1.54) is 11.3 Å². The molecule has 39 heavy (non-hydrogen) atoms. The Bertz CT molecular complexity index is 1520. The number of nitrogens with one attached hydrogen (secondary N) is 2. The molecule has 5 aromatic rings. The van der Waals surface area contributed by atoms with Crippen LogP contribution in [0.4, 0.5) is 0 Å². The van der Waals surface area contributed by atoms with Crippen molar-refractivity contribution < 1.29 is 19.5 Å². The fourth-order valence-corrected chi connectivity index (χ4v) is 5.18. The molecule has 0 aliphatic carbocycles. The highest BCUT2D eigenvalue weighted by Gasteiger charge is 2.11. The van der Waals surface area contributed by atoms with E-state index in [0.29, 0.717) is 24.6 Å².